The van der Waals surface area contributed by atoms with Crippen LogP contribution in [0, 0.1) is 5.92 Å². The van der Waals surface area contributed by atoms with Crippen molar-refractivity contribution in [3.05, 3.63) is 54.1 Å². The van der Waals surface area contributed by atoms with Crippen molar-refractivity contribution in [3.63, 3.8) is 0 Å². The Morgan fingerprint density at radius 1 is 1.09 bits per heavy atom. The summed E-state index contributed by atoms with van der Waals surface area (Å²) in [6.07, 6.45) is 0.859. The topological polar surface area (TPSA) is 39.7 Å². The van der Waals surface area contributed by atoms with Crippen LogP contribution in [0.15, 0.2) is 48.5 Å². The first-order valence-corrected chi connectivity index (χ1v) is 7.63. The fourth-order valence-corrected chi connectivity index (χ4v) is 3.28. The van der Waals surface area contributed by atoms with Crippen LogP contribution in [0.2, 0.25) is 0 Å². The van der Waals surface area contributed by atoms with Crippen molar-refractivity contribution < 1.29 is 14.2 Å². The number of hydrogen-bond acceptors (Lipinski definition) is 4. The van der Waals surface area contributed by atoms with Crippen LogP contribution in [0.3, 0.4) is 0 Å². The van der Waals surface area contributed by atoms with Gasteiger partial charge in [0.05, 0.1) is 19.8 Å². The van der Waals surface area contributed by atoms with Gasteiger partial charge in [0.15, 0.2) is 0 Å². The van der Waals surface area contributed by atoms with Gasteiger partial charge in [-0.15, -0.1) is 0 Å². The molecule has 0 aromatic heterocycles. The maximum atomic E-state index is 5.98. The van der Waals surface area contributed by atoms with E-state index in [2.05, 4.69) is 17.4 Å². The van der Waals surface area contributed by atoms with Crippen LogP contribution < -0.4 is 14.8 Å². The molecule has 1 saturated heterocycles. The highest BCUT2D eigenvalue weighted by Gasteiger charge is 2.42. The molecular formula is C18H19NO3. The molecule has 0 saturated carbocycles. The quantitative estimate of drug-likeness (QED) is 0.939. The van der Waals surface area contributed by atoms with E-state index in [-0.39, 0.29) is 12.3 Å². The number of rotatable bonds is 3. The average Bonchev–Trinajstić information content (AvgIpc) is 3.03. The molecule has 4 rings (SSSR count). The molecule has 0 unspecified atom stereocenters. The molecule has 2 heterocycles. The Labute approximate surface area is 130 Å². The van der Waals surface area contributed by atoms with Crippen molar-refractivity contribution in [1.82, 2.24) is 0 Å². The Balaban J connectivity index is 1.65. The van der Waals surface area contributed by atoms with Crippen LogP contribution in [-0.4, -0.2) is 20.0 Å². The molecule has 0 aliphatic carbocycles. The van der Waals surface area contributed by atoms with Gasteiger partial charge in [-0.1, -0.05) is 18.2 Å². The molecule has 0 spiro atoms. The van der Waals surface area contributed by atoms with E-state index in [0.29, 0.717) is 5.92 Å². The summed E-state index contributed by atoms with van der Waals surface area (Å²) in [5.74, 6) is 2.11. The largest absolute Gasteiger partial charge is 0.497 e. The summed E-state index contributed by atoms with van der Waals surface area (Å²) in [7, 11) is 1.68. The highest BCUT2D eigenvalue weighted by molar-refractivity contribution is 5.51. The molecular weight excluding hydrogens is 278 g/mol. The van der Waals surface area contributed by atoms with Crippen LogP contribution in [-0.2, 0) is 4.74 Å². The van der Waals surface area contributed by atoms with Gasteiger partial charge in [-0.3, -0.25) is 0 Å². The lowest BCUT2D eigenvalue weighted by atomic mass is 9.88. The monoisotopic (exact) mass is 297 g/mol. The number of methoxy groups -OCH3 is 1. The minimum atomic E-state index is -0.148. The highest BCUT2D eigenvalue weighted by Crippen LogP contribution is 2.44. The third-order valence-corrected chi connectivity index (χ3v) is 4.42. The summed E-state index contributed by atoms with van der Waals surface area (Å²) in [6, 6.07) is 16.4. The zero-order valence-corrected chi connectivity index (χ0v) is 12.5. The van der Waals surface area contributed by atoms with Gasteiger partial charge in [0.25, 0.3) is 0 Å². The highest BCUT2D eigenvalue weighted by atomic mass is 16.7. The predicted octanol–water partition coefficient (Wildman–Crippen LogP) is 3.60. The molecule has 1 N–H and O–H groups in total. The molecule has 0 bridgehead atoms. The van der Waals surface area contributed by atoms with Crippen LogP contribution in [0.25, 0.3) is 0 Å². The minimum absolute atomic E-state index is 0.148. The fourth-order valence-electron chi connectivity index (χ4n) is 3.28. The van der Waals surface area contributed by atoms with Crippen molar-refractivity contribution in [1.29, 1.82) is 0 Å². The van der Waals surface area contributed by atoms with E-state index < -0.39 is 0 Å². The Bertz CT molecular complexity index is 656. The van der Waals surface area contributed by atoms with E-state index in [4.69, 9.17) is 14.2 Å². The zero-order chi connectivity index (χ0) is 14.9. The van der Waals surface area contributed by atoms with Crippen molar-refractivity contribution in [2.24, 2.45) is 5.92 Å². The first-order valence-electron chi connectivity index (χ1n) is 7.63. The lowest BCUT2D eigenvalue weighted by Gasteiger charge is -2.35. The standard InChI is InChI=1S/C18H19NO3/c1-20-13-8-6-12(7-9-13)19-17-14-4-2-3-5-16(14)22-18-15(17)10-11-21-18/h2-9,15,17-19H,10-11H2,1H3/t15-,17-,18+/m0/s1. The maximum absolute atomic E-state index is 5.98. The molecule has 4 heteroatoms. The molecule has 1 fully saturated rings. The van der Waals surface area contributed by atoms with Crippen molar-refractivity contribution in [2.45, 2.75) is 18.8 Å². The van der Waals surface area contributed by atoms with E-state index in [1.165, 1.54) is 5.56 Å². The van der Waals surface area contributed by atoms with Gasteiger partial charge < -0.3 is 19.5 Å². The van der Waals surface area contributed by atoms with Crippen LogP contribution in [0.5, 0.6) is 11.5 Å². The Kier molecular flexibility index (Phi) is 3.39. The van der Waals surface area contributed by atoms with Gasteiger partial charge in [-0.05, 0) is 36.8 Å². The molecule has 2 aromatic rings. The number of nitrogens with one attached hydrogen (secondary N) is 1. The first-order chi connectivity index (χ1) is 10.8. The van der Waals surface area contributed by atoms with Gasteiger partial charge in [0.1, 0.15) is 11.5 Å². The third kappa shape index (κ3) is 2.29. The minimum Gasteiger partial charge on any atom is -0.497 e. The summed E-state index contributed by atoms with van der Waals surface area (Å²) in [4.78, 5) is 0. The van der Waals surface area contributed by atoms with Crippen LogP contribution in [0.4, 0.5) is 5.69 Å². The SMILES string of the molecule is COc1ccc(N[C@H]2c3ccccc3O[C@H]3OCC[C@H]32)cc1. The van der Waals surface area contributed by atoms with E-state index in [9.17, 15) is 0 Å². The molecule has 2 aliphatic rings. The Morgan fingerprint density at radius 3 is 2.73 bits per heavy atom. The zero-order valence-electron chi connectivity index (χ0n) is 12.5. The average molecular weight is 297 g/mol. The van der Waals surface area contributed by atoms with Crippen molar-refractivity contribution in [2.75, 3.05) is 19.0 Å². The normalized spacial score (nSPS) is 25.8. The Hall–Kier alpha value is -2.20. The summed E-state index contributed by atoms with van der Waals surface area (Å²) < 4.78 is 16.9. The van der Waals surface area contributed by atoms with E-state index in [0.717, 1.165) is 30.2 Å². The van der Waals surface area contributed by atoms with Gasteiger partial charge in [-0.25, -0.2) is 0 Å². The van der Waals surface area contributed by atoms with E-state index in [1.54, 1.807) is 7.11 Å². The number of ether oxygens (including phenoxy) is 3. The first kappa shape index (κ1) is 13.5. The summed E-state index contributed by atoms with van der Waals surface area (Å²) in [6.45, 7) is 0.754. The fraction of sp³-hybridized carbons (Fsp3) is 0.333. The summed E-state index contributed by atoms with van der Waals surface area (Å²) in [5, 5.41) is 3.64. The predicted molar refractivity (Wildman–Crippen MR) is 84.3 cm³/mol. The number of anilines is 1. The van der Waals surface area contributed by atoms with Gasteiger partial charge in [0, 0.05) is 17.2 Å². The van der Waals surface area contributed by atoms with Gasteiger partial charge in [-0.2, -0.15) is 0 Å². The van der Waals surface area contributed by atoms with Crippen LogP contribution >= 0.6 is 0 Å². The van der Waals surface area contributed by atoms with Gasteiger partial charge in [0.2, 0.25) is 6.29 Å². The molecule has 0 radical (unpaired) electrons. The molecule has 2 aliphatic heterocycles. The summed E-state index contributed by atoms with van der Waals surface area (Å²) >= 11 is 0. The molecule has 2 aromatic carbocycles. The van der Waals surface area contributed by atoms with Crippen LogP contribution in [0.1, 0.15) is 18.0 Å². The second-order valence-electron chi connectivity index (χ2n) is 5.70. The third-order valence-electron chi connectivity index (χ3n) is 4.42. The molecule has 3 atom stereocenters. The number of fused-ring (bicyclic) bond motifs is 2. The molecule has 22 heavy (non-hydrogen) atoms. The molecule has 114 valence electrons. The number of hydrogen-bond donors (Lipinski definition) is 1. The number of para-hydroxylation sites is 1. The van der Waals surface area contributed by atoms with E-state index >= 15 is 0 Å². The molecule has 0 amide bonds. The smallest absolute Gasteiger partial charge is 0.205 e. The second-order valence-corrected chi connectivity index (χ2v) is 5.70. The van der Waals surface area contributed by atoms with Crippen molar-refractivity contribution in [3.8, 4) is 11.5 Å². The lowest BCUT2D eigenvalue weighted by Crippen LogP contribution is -2.36. The molecule has 4 nitrogen and oxygen atoms in total. The van der Waals surface area contributed by atoms with Crippen molar-refractivity contribution >= 4 is 5.69 Å². The number of benzene rings is 2. The Morgan fingerprint density at radius 2 is 1.91 bits per heavy atom. The van der Waals surface area contributed by atoms with E-state index in [1.807, 2.05) is 36.4 Å². The second kappa shape index (κ2) is 5.54. The summed E-state index contributed by atoms with van der Waals surface area (Å²) in [5.41, 5.74) is 2.28. The maximum Gasteiger partial charge on any atom is 0.205 e. The lowest BCUT2D eigenvalue weighted by molar-refractivity contribution is -0.0747. The van der Waals surface area contributed by atoms with Gasteiger partial charge >= 0.3 is 0 Å².